The van der Waals surface area contributed by atoms with E-state index in [4.69, 9.17) is 13.6 Å². The van der Waals surface area contributed by atoms with Gasteiger partial charge in [-0.15, -0.1) is 0 Å². The third kappa shape index (κ3) is 4.96. The lowest BCUT2D eigenvalue weighted by atomic mass is 9.40. The fraction of sp³-hybridized carbons (Fsp3) is 0.644. The number of aromatic nitrogens is 1. The Labute approximate surface area is 320 Å². The first-order valence-corrected chi connectivity index (χ1v) is 26.5. The Morgan fingerprint density at radius 1 is 1.08 bits per heavy atom. The van der Waals surface area contributed by atoms with Crippen LogP contribution in [0.2, 0.25) is 32.7 Å². The van der Waals surface area contributed by atoms with Gasteiger partial charge < -0.3 is 18.2 Å². The van der Waals surface area contributed by atoms with E-state index < -0.39 is 34.6 Å². The molecule has 4 aliphatic carbocycles. The zero-order valence-electron chi connectivity index (χ0n) is 34.7. The molecule has 2 saturated carbocycles. The molecule has 53 heavy (non-hydrogen) atoms. The molecule has 2 aliphatic heterocycles. The van der Waals surface area contributed by atoms with Gasteiger partial charge in [-0.05, 0) is 152 Å². The molecule has 1 aromatic carbocycles. The molecule has 8 heteroatoms. The van der Waals surface area contributed by atoms with Crippen molar-refractivity contribution >= 4 is 45.9 Å². The first-order valence-electron chi connectivity index (χ1n) is 20.4. The number of benzene rings is 1. The second kappa shape index (κ2) is 11.6. The van der Waals surface area contributed by atoms with E-state index in [1.54, 1.807) is 6.08 Å². The SMILES string of the molecule is C=C(C)[C@H]1C(=O)c2c3c(cc4c5c(n1c24)[C@@]1(C)C(CCC2[C@](C)(/C=C/C=O)C(O[Si](C)(C)C)CC[C@@]21C)C5)C1=CC(C)(C)OC(C)(C)C1C3O[SiH](C)C. The maximum atomic E-state index is 15.3. The van der Waals surface area contributed by atoms with Crippen LogP contribution >= 0.6 is 0 Å². The van der Waals surface area contributed by atoms with Crippen LogP contribution in [0.4, 0.5) is 0 Å². The molecule has 0 spiro atoms. The highest BCUT2D eigenvalue weighted by Crippen LogP contribution is 2.72. The smallest absolute Gasteiger partial charge is 0.192 e. The first-order chi connectivity index (χ1) is 24.5. The van der Waals surface area contributed by atoms with Crippen LogP contribution in [0.15, 0.2) is 36.4 Å². The Hall–Kier alpha value is -2.37. The Morgan fingerprint density at radius 2 is 1.77 bits per heavy atom. The molecule has 2 aromatic rings. The number of rotatable bonds is 7. The minimum absolute atomic E-state index is 0.00628. The maximum absolute atomic E-state index is 15.3. The van der Waals surface area contributed by atoms with Crippen molar-refractivity contribution < 1.29 is 23.2 Å². The molecular formula is C45H63NO5Si2. The van der Waals surface area contributed by atoms with Crippen molar-refractivity contribution in [3.63, 3.8) is 0 Å². The largest absolute Gasteiger partial charge is 0.414 e. The van der Waals surface area contributed by atoms with Crippen LogP contribution in [-0.4, -0.2) is 51.3 Å². The number of fused-ring (bicyclic) bond motifs is 11. The fourth-order valence-corrected chi connectivity index (χ4v) is 15.5. The number of ketones is 1. The van der Waals surface area contributed by atoms with Gasteiger partial charge in [0.05, 0.1) is 34.5 Å². The van der Waals surface area contributed by atoms with Gasteiger partial charge in [-0.1, -0.05) is 39.0 Å². The van der Waals surface area contributed by atoms with Crippen LogP contribution in [0.5, 0.6) is 0 Å². The number of allylic oxidation sites excluding steroid dienone is 2. The molecule has 0 radical (unpaired) electrons. The lowest BCUT2D eigenvalue weighted by molar-refractivity contribution is -0.140. The van der Waals surface area contributed by atoms with Gasteiger partial charge in [0.15, 0.2) is 23.1 Å². The van der Waals surface area contributed by atoms with Crippen LogP contribution in [0.3, 0.4) is 0 Å². The van der Waals surface area contributed by atoms with Gasteiger partial charge >= 0.3 is 0 Å². The molecule has 0 bridgehead atoms. The Morgan fingerprint density at radius 3 is 2.40 bits per heavy atom. The van der Waals surface area contributed by atoms with Crippen LogP contribution in [0.1, 0.15) is 126 Å². The molecule has 8 rings (SSSR count). The number of ether oxygens (including phenoxy) is 1. The highest BCUT2D eigenvalue weighted by Gasteiger charge is 2.68. The van der Waals surface area contributed by atoms with E-state index in [1.165, 1.54) is 27.8 Å². The fourth-order valence-electron chi connectivity index (χ4n) is 13.4. The molecule has 286 valence electrons. The van der Waals surface area contributed by atoms with Crippen molar-refractivity contribution in [3.8, 4) is 0 Å². The summed E-state index contributed by atoms with van der Waals surface area (Å²) < 4.78 is 23.3. The lowest BCUT2D eigenvalue weighted by Crippen LogP contribution is -2.63. The minimum atomic E-state index is -1.87. The number of carbonyl (C=O) groups is 2. The molecule has 9 atom stereocenters. The minimum Gasteiger partial charge on any atom is -0.414 e. The summed E-state index contributed by atoms with van der Waals surface area (Å²) in [4.78, 5) is 27.2. The summed E-state index contributed by atoms with van der Waals surface area (Å²) in [5.74, 6) is 0.955. The third-order valence-corrected chi connectivity index (χ3v) is 16.8. The quantitative estimate of drug-likeness (QED) is 0.122. The average Bonchev–Trinajstić information content (AvgIpc) is 3.70. The number of hydrogen-bond donors (Lipinski definition) is 0. The Kier molecular flexibility index (Phi) is 8.21. The molecule has 0 saturated heterocycles. The van der Waals surface area contributed by atoms with Crippen LogP contribution in [-0.2, 0) is 30.2 Å². The zero-order chi connectivity index (χ0) is 38.6. The molecule has 0 N–H and O–H groups in total. The third-order valence-electron chi connectivity index (χ3n) is 15.0. The Bertz CT molecular complexity index is 2030. The number of nitrogens with zero attached hydrogens (tertiary/aromatic N) is 1. The topological polar surface area (TPSA) is 66.8 Å². The summed E-state index contributed by atoms with van der Waals surface area (Å²) >= 11 is 0. The second-order valence-electron chi connectivity index (χ2n) is 20.7. The first kappa shape index (κ1) is 37.6. The summed E-state index contributed by atoms with van der Waals surface area (Å²) in [7, 11) is -3.39. The maximum Gasteiger partial charge on any atom is 0.192 e. The van der Waals surface area contributed by atoms with Crippen LogP contribution < -0.4 is 0 Å². The predicted octanol–water partition coefficient (Wildman–Crippen LogP) is 10.2. The van der Waals surface area contributed by atoms with Gasteiger partial charge in [-0.3, -0.25) is 9.59 Å². The van der Waals surface area contributed by atoms with Gasteiger partial charge in [0.1, 0.15) is 12.3 Å². The summed E-state index contributed by atoms with van der Waals surface area (Å²) in [6.07, 6.45) is 12.3. The van der Waals surface area contributed by atoms with Crippen LogP contribution in [0, 0.1) is 28.6 Å². The molecule has 0 amide bonds. The normalized spacial score (nSPS) is 37.8. The summed E-state index contributed by atoms with van der Waals surface area (Å²) in [6, 6.07) is 2.03. The van der Waals surface area contributed by atoms with Crippen molar-refractivity contribution in [2.24, 2.45) is 28.6 Å². The van der Waals surface area contributed by atoms with Gasteiger partial charge in [0.25, 0.3) is 0 Å². The predicted molar refractivity (Wildman–Crippen MR) is 220 cm³/mol. The molecule has 6 aliphatic rings. The molecule has 2 fully saturated rings. The molecule has 3 heterocycles. The van der Waals surface area contributed by atoms with E-state index >= 15 is 4.79 Å². The highest BCUT2D eigenvalue weighted by molar-refractivity contribution is 6.69. The standard InChI is InChI=1S/C45H63NO5Si2/c1-25(2)36-38(48)34-33-27(30-24-41(3,4)51-42(5,6)35(30)39(33)49-52(10)11)23-28-29-22-26-16-17-31-43(7,19-15-21-47)32(50-53(12,13)14)18-20-44(31,8)45(26,9)40(29)46(36)37(28)34/h15,19,21,23-24,26,31-32,35-36,39,52H,1,16-18,20,22H2,2-14H3/b19-15+/t26?,31?,32?,35?,36-,39?,43-,44-,45+/m0/s1. The van der Waals surface area contributed by atoms with Crippen LogP contribution in [0.25, 0.3) is 16.5 Å². The number of carbonyl (C=O) groups excluding carboxylic acids is 2. The molecular weight excluding hydrogens is 691 g/mol. The number of hydrogen-bond acceptors (Lipinski definition) is 5. The van der Waals surface area contributed by atoms with Gasteiger partial charge in [-0.2, -0.15) is 0 Å². The van der Waals surface area contributed by atoms with Crippen molar-refractivity contribution in [1.29, 1.82) is 0 Å². The van der Waals surface area contributed by atoms with Crippen molar-refractivity contribution in [3.05, 3.63) is 64.4 Å². The molecule has 1 aromatic heterocycles. The van der Waals surface area contributed by atoms with E-state index in [0.29, 0.717) is 11.8 Å². The van der Waals surface area contributed by atoms with Crippen molar-refractivity contribution in [1.82, 2.24) is 4.57 Å². The molecule has 6 nitrogen and oxygen atoms in total. The van der Waals surface area contributed by atoms with E-state index in [1.807, 2.05) is 6.92 Å². The molecule has 5 unspecified atom stereocenters. The lowest BCUT2D eigenvalue weighted by Gasteiger charge is -2.65. The monoisotopic (exact) mass is 753 g/mol. The number of aldehydes is 1. The van der Waals surface area contributed by atoms with E-state index in [0.717, 1.165) is 60.6 Å². The summed E-state index contributed by atoms with van der Waals surface area (Å²) in [5, 5.41) is 1.25. The van der Waals surface area contributed by atoms with Crippen molar-refractivity contribution in [2.45, 2.75) is 155 Å². The number of Topliss-reactive ketones (excluding diaryl/α,β-unsaturated/α-hetero) is 1. The average molecular weight is 754 g/mol. The van der Waals surface area contributed by atoms with E-state index in [-0.39, 0.29) is 40.2 Å². The summed E-state index contributed by atoms with van der Waals surface area (Å²) in [6.45, 7) is 34.1. The van der Waals surface area contributed by atoms with E-state index in [2.05, 4.69) is 111 Å². The van der Waals surface area contributed by atoms with Gasteiger partial charge in [0, 0.05) is 33.4 Å². The van der Waals surface area contributed by atoms with E-state index in [9.17, 15) is 4.79 Å². The van der Waals surface area contributed by atoms with Gasteiger partial charge in [-0.25, -0.2) is 0 Å². The Balaban J connectivity index is 1.39. The highest BCUT2D eigenvalue weighted by atomic mass is 28.4. The zero-order valence-corrected chi connectivity index (χ0v) is 36.8. The second-order valence-corrected chi connectivity index (χ2v) is 27.5. The summed E-state index contributed by atoms with van der Waals surface area (Å²) in [5.41, 5.74) is 7.76. The van der Waals surface area contributed by atoms with Gasteiger partial charge in [0.2, 0.25) is 0 Å². The van der Waals surface area contributed by atoms with Crippen molar-refractivity contribution in [2.75, 3.05) is 0 Å².